The molecule has 2 aromatic rings. The highest BCUT2D eigenvalue weighted by molar-refractivity contribution is 6.10. The largest absolute Gasteiger partial charge is 0.374 e. The number of aryl methyl sites for hydroxylation is 1. The number of para-hydroxylation sites is 2. The number of hydrogen-bond acceptors (Lipinski definition) is 4. The lowest BCUT2D eigenvalue weighted by Crippen LogP contribution is -2.42. The molecule has 4 rings (SSSR count). The minimum Gasteiger partial charge on any atom is -0.374 e. The van der Waals surface area contributed by atoms with Gasteiger partial charge in [-0.25, -0.2) is 0 Å². The van der Waals surface area contributed by atoms with Gasteiger partial charge in [-0.2, -0.15) is 0 Å². The zero-order valence-corrected chi connectivity index (χ0v) is 16.4. The molecule has 3 amide bonds. The minimum atomic E-state index is -0.243. The Kier molecular flexibility index (Phi) is 5.20. The Morgan fingerprint density at radius 3 is 2.79 bits per heavy atom. The molecule has 2 heterocycles. The van der Waals surface area contributed by atoms with Crippen LogP contribution in [0, 0.1) is 0 Å². The summed E-state index contributed by atoms with van der Waals surface area (Å²) in [6.07, 6.45) is 2.28. The second-order valence-electron chi connectivity index (χ2n) is 7.46. The first-order valence-corrected chi connectivity index (χ1v) is 9.84. The van der Waals surface area contributed by atoms with E-state index >= 15 is 0 Å². The van der Waals surface area contributed by atoms with Gasteiger partial charge in [0.1, 0.15) is 6.54 Å². The van der Waals surface area contributed by atoms with E-state index in [-0.39, 0.29) is 37.1 Å². The summed E-state index contributed by atoms with van der Waals surface area (Å²) < 4.78 is 0. The quantitative estimate of drug-likeness (QED) is 0.838. The van der Waals surface area contributed by atoms with Crippen LogP contribution >= 0.6 is 0 Å². The summed E-state index contributed by atoms with van der Waals surface area (Å²) in [6.45, 7) is 0.971. The topological polar surface area (TPSA) is 81.8 Å². The molecule has 2 aromatic carbocycles. The maximum absolute atomic E-state index is 12.7. The first kappa shape index (κ1) is 19.0. The molecule has 0 atom stereocenters. The first-order chi connectivity index (χ1) is 14.0. The molecule has 7 nitrogen and oxygen atoms in total. The summed E-state index contributed by atoms with van der Waals surface area (Å²) in [7, 11) is 2.05. The van der Waals surface area contributed by atoms with Gasteiger partial charge in [-0.1, -0.05) is 18.2 Å². The van der Waals surface area contributed by atoms with Gasteiger partial charge < -0.3 is 20.4 Å². The third-order valence-electron chi connectivity index (χ3n) is 5.36. The van der Waals surface area contributed by atoms with Crippen LogP contribution in [0.4, 0.5) is 22.7 Å². The van der Waals surface area contributed by atoms with E-state index < -0.39 is 0 Å². The summed E-state index contributed by atoms with van der Waals surface area (Å²) in [5.74, 6) is -0.696. The Labute approximate surface area is 169 Å². The van der Waals surface area contributed by atoms with E-state index in [2.05, 4.69) is 28.6 Å². The van der Waals surface area contributed by atoms with Crippen molar-refractivity contribution in [3.63, 3.8) is 0 Å². The summed E-state index contributed by atoms with van der Waals surface area (Å²) in [6, 6.07) is 13.1. The van der Waals surface area contributed by atoms with Crippen molar-refractivity contribution in [1.29, 1.82) is 0 Å². The normalized spacial score (nSPS) is 15.3. The molecule has 0 radical (unpaired) electrons. The Bertz CT molecular complexity index is 972. The minimum absolute atomic E-state index is 0.0331. The van der Waals surface area contributed by atoms with Crippen molar-refractivity contribution in [2.24, 2.45) is 0 Å². The highest BCUT2D eigenvalue weighted by atomic mass is 16.2. The number of fused-ring (bicyclic) bond motifs is 2. The van der Waals surface area contributed by atoms with Gasteiger partial charge in [0.25, 0.3) is 0 Å². The van der Waals surface area contributed by atoms with Gasteiger partial charge in [-0.15, -0.1) is 0 Å². The molecule has 0 aromatic heterocycles. The standard InChI is InChI=1S/C22H24N4O3/c1-25-12-4-5-15-8-9-16(13-19(15)25)23-20(27)10-11-22(29)26-14-21(28)24-17-6-2-3-7-18(17)26/h2-3,6-9,13H,4-5,10-12,14H2,1H3,(H,23,27)(H,24,28). The monoisotopic (exact) mass is 392 g/mol. The Morgan fingerprint density at radius 2 is 1.93 bits per heavy atom. The lowest BCUT2D eigenvalue weighted by Gasteiger charge is -2.29. The lowest BCUT2D eigenvalue weighted by molar-refractivity contribution is -0.124. The van der Waals surface area contributed by atoms with Crippen molar-refractivity contribution in [3.8, 4) is 0 Å². The summed E-state index contributed by atoms with van der Waals surface area (Å²) in [5.41, 5.74) is 4.43. The number of hydrogen-bond donors (Lipinski definition) is 2. The fraction of sp³-hybridized carbons (Fsp3) is 0.318. The van der Waals surface area contributed by atoms with Crippen LogP contribution in [0.3, 0.4) is 0 Å². The molecule has 2 aliphatic rings. The molecule has 2 N–H and O–H groups in total. The van der Waals surface area contributed by atoms with Crippen molar-refractivity contribution >= 4 is 40.5 Å². The molecule has 0 saturated carbocycles. The van der Waals surface area contributed by atoms with E-state index in [0.717, 1.165) is 30.8 Å². The van der Waals surface area contributed by atoms with E-state index in [4.69, 9.17) is 0 Å². The molecule has 2 aliphatic heterocycles. The number of carbonyl (C=O) groups excluding carboxylic acids is 3. The van der Waals surface area contributed by atoms with Gasteiger partial charge in [0.2, 0.25) is 17.7 Å². The summed E-state index contributed by atoms with van der Waals surface area (Å²) >= 11 is 0. The Balaban J connectivity index is 1.37. The molecule has 0 saturated heterocycles. The molecule has 7 heteroatoms. The van der Waals surface area contributed by atoms with Gasteiger partial charge in [0.05, 0.1) is 11.4 Å². The maximum atomic E-state index is 12.7. The molecule has 0 fully saturated rings. The molecule has 0 spiro atoms. The number of nitrogens with zero attached hydrogens (tertiary/aromatic N) is 2. The van der Waals surface area contributed by atoms with Crippen molar-refractivity contribution in [3.05, 3.63) is 48.0 Å². The predicted octanol–water partition coefficient (Wildman–Crippen LogP) is 2.77. The Morgan fingerprint density at radius 1 is 1.10 bits per heavy atom. The van der Waals surface area contributed by atoms with Crippen LogP contribution in [0.15, 0.2) is 42.5 Å². The van der Waals surface area contributed by atoms with Crippen molar-refractivity contribution in [2.75, 3.05) is 40.6 Å². The zero-order chi connectivity index (χ0) is 20.4. The number of amides is 3. The highest BCUT2D eigenvalue weighted by Crippen LogP contribution is 2.30. The van der Waals surface area contributed by atoms with Crippen molar-refractivity contribution in [2.45, 2.75) is 25.7 Å². The average Bonchev–Trinajstić information content (AvgIpc) is 2.72. The SMILES string of the molecule is CN1CCCc2ccc(NC(=O)CCC(=O)N3CC(=O)Nc4ccccc43)cc21. The summed E-state index contributed by atoms with van der Waals surface area (Å²) in [4.78, 5) is 40.5. The van der Waals surface area contributed by atoms with Crippen LogP contribution in [0.25, 0.3) is 0 Å². The van der Waals surface area contributed by atoms with Crippen molar-refractivity contribution in [1.82, 2.24) is 0 Å². The molecule has 0 aliphatic carbocycles. The number of benzene rings is 2. The van der Waals surface area contributed by atoms with Crippen LogP contribution in [-0.4, -0.2) is 37.9 Å². The maximum Gasteiger partial charge on any atom is 0.244 e. The van der Waals surface area contributed by atoms with Gasteiger partial charge >= 0.3 is 0 Å². The molecule has 0 bridgehead atoms. The first-order valence-electron chi connectivity index (χ1n) is 9.84. The second-order valence-corrected chi connectivity index (χ2v) is 7.46. The van der Waals surface area contributed by atoms with Crippen LogP contribution < -0.4 is 20.4 Å². The van der Waals surface area contributed by atoms with Gasteiger partial charge in [-0.3, -0.25) is 14.4 Å². The summed E-state index contributed by atoms with van der Waals surface area (Å²) in [5, 5.41) is 5.64. The van der Waals surface area contributed by atoms with Crippen LogP contribution in [0.2, 0.25) is 0 Å². The van der Waals surface area contributed by atoms with Gasteiger partial charge in [0, 0.05) is 37.8 Å². The lowest BCUT2D eigenvalue weighted by atomic mass is 10.0. The third-order valence-corrected chi connectivity index (χ3v) is 5.36. The number of anilines is 4. The average molecular weight is 392 g/mol. The van der Waals surface area contributed by atoms with Crippen LogP contribution in [0.1, 0.15) is 24.8 Å². The Hall–Kier alpha value is -3.35. The van der Waals surface area contributed by atoms with E-state index in [0.29, 0.717) is 11.4 Å². The predicted molar refractivity (Wildman–Crippen MR) is 113 cm³/mol. The molecular formula is C22H24N4O3. The fourth-order valence-electron chi connectivity index (χ4n) is 3.87. The smallest absolute Gasteiger partial charge is 0.244 e. The molecule has 0 unspecified atom stereocenters. The van der Waals surface area contributed by atoms with Gasteiger partial charge in [0.15, 0.2) is 0 Å². The van der Waals surface area contributed by atoms with E-state index in [1.807, 2.05) is 18.2 Å². The van der Waals surface area contributed by atoms with Crippen LogP contribution in [0.5, 0.6) is 0 Å². The fourth-order valence-corrected chi connectivity index (χ4v) is 3.87. The van der Waals surface area contributed by atoms with Crippen LogP contribution in [-0.2, 0) is 20.8 Å². The molecule has 150 valence electrons. The zero-order valence-electron chi connectivity index (χ0n) is 16.4. The highest BCUT2D eigenvalue weighted by Gasteiger charge is 2.26. The van der Waals surface area contributed by atoms with Gasteiger partial charge in [-0.05, 0) is 42.7 Å². The van der Waals surface area contributed by atoms with E-state index in [1.165, 1.54) is 10.5 Å². The van der Waals surface area contributed by atoms with E-state index in [9.17, 15) is 14.4 Å². The number of rotatable bonds is 4. The number of nitrogens with one attached hydrogen (secondary N) is 2. The van der Waals surface area contributed by atoms with Crippen molar-refractivity contribution < 1.29 is 14.4 Å². The number of carbonyl (C=O) groups is 3. The third kappa shape index (κ3) is 4.08. The molecule has 29 heavy (non-hydrogen) atoms. The molecular weight excluding hydrogens is 368 g/mol. The van der Waals surface area contributed by atoms with E-state index in [1.54, 1.807) is 18.2 Å². The second kappa shape index (κ2) is 7.95.